The van der Waals surface area contributed by atoms with Gasteiger partial charge in [-0.15, -0.1) is 0 Å². The van der Waals surface area contributed by atoms with Gasteiger partial charge in [-0.1, -0.05) is 35.1 Å². The Labute approximate surface area is 215 Å². The van der Waals surface area contributed by atoms with Gasteiger partial charge in [0.2, 0.25) is 0 Å². The molecule has 1 saturated heterocycles. The lowest BCUT2D eigenvalue weighted by atomic mass is 9.95. The molecule has 4 aromatic rings. The van der Waals surface area contributed by atoms with Gasteiger partial charge < -0.3 is 14.9 Å². The SMILES string of the molecule is CCOc1ccc(/C(O)=C2\C(=O)C(=O)N(c3nc4ccc(Cl)cc4s3)C2c2ccc(O)cc2)cc1C. The van der Waals surface area contributed by atoms with Crippen LogP contribution in [0.2, 0.25) is 5.02 Å². The van der Waals surface area contributed by atoms with E-state index in [1.807, 2.05) is 13.8 Å². The van der Waals surface area contributed by atoms with Gasteiger partial charge in [0.15, 0.2) is 5.13 Å². The van der Waals surface area contributed by atoms with Crippen LogP contribution >= 0.6 is 22.9 Å². The zero-order valence-corrected chi connectivity index (χ0v) is 20.9. The fourth-order valence-corrected chi connectivity index (χ4v) is 5.53. The number of aliphatic hydroxyl groups excluding tert-OH is 1. The molecule has 1 fully saturated rings. The molecule has 0 spiro atoms. The Morgan fingerprint density at radius 1 is 1.11 bits per heavy atom. The molecule has 2 N–H and O–H groups in total. The highest BCUT2D eigenvalue weighted by atomic mass is 35.5. The van der Waals surface area contributed by atoms with Crippen LogP contribution in [0.5, 0.6) is 11.5 Å². The number of aromatic hydroxyl groups is 1. The highest BCUT2D eigenvalue weighted by Gasteiger charge is 2.48. The van der Waals surface area contributed by atoms with Gasteiger partial charge in [0.25, 0.3) is 5.78 Å². The number of benzene rings is 3. The Balaban J connectivity index is 1.70. The predicted octanol–water partition coefficient (Wildman–Crippen LogP) is 5.99. The summed E-state index contributed by atoms with van der Waals surface area (Å²) in [6, 6.07) is 15.5. The summed E-state index contributed by atoms with van der Waals surface area (Å²) in [6.07, 6.45) is 0. The average Bonchev–Trinajstić information content (AvgIpc) is 3.38. The van der Waals surface area contributed by atoms with Crippen molar-refractivity contribution in [2.24, 2.45) is 0 Å². The number of rotatable bonds is 5. The van der Waals surface area contributed by atoms with Gasteiger partial charge in [-0.05, 0) is 73.5 Å². The summed E-state index contributed by atoms with van der Waals surface area (Å²) in [5.41, 5.74) is 2.26. The molecule has 1 atom stereocenters. The van der Waals surface area contributed by atoms with Gasteiger partial charge in [-0.3, -0.25) is 14.5 Å². The number of phenols is 1. The predicted molar refractivity (Wildman–Crippen MR) is 140 cm³/mol. The van der Waals surface area contributed by atoms with Crippen molar-refractivity contribution in [2.45, 2.75) is 19.9 Å². The van der Waals surface area contributed by atoms with E-state index in [1.165, 1.54) is 28.4 Å². The van der Waals surface area contributed by atoms with E-state index < -0.39 is 17.7 Å². The summed E-state index contributed by atoms with van der Waals surface area (Å²) >= 11 is 7.35. The number of hydrogen-bond acceptors (Lipinski definition) is 7. The quantitative estimate of drug-likeness (QED) is 0.190. The van der Waals surface area contributed by atoms with Crippen molar-refractivity contribution in [3.63, 3.8) is 0 Å². The van der Waals surface area contributed by atoms with Crippen LogP contribution in [0.15, 0.2) is 66.2 Å². The Hall–Kier alpha value is -3.88. The second kappa shape index (κ2) is 9.29. The molecule has 3 aromatic carbocycles. The lowest BCUT2D eigenvalue weighted by Gasteiger charge is -2.23. The van der Waals surface area contributed by atoms with E-state index in [4.69, 9.17) is 16.3 Å². The number of phenolic OH excluding ortho intramolecular Hbond substituents is 1. The number of fused-ring (bicyclic) bond motifs is 1. The first kappa shape index (κ1) is 23.8. The molecule has 0 bridgehead atoms. The number of amides is 1. The summed E-state index contributed by atoms with van der Waals surface area (Å²) in [5.74, 6) is -1.23. The number of hydrogen-bond donors (Lipinski definition) is 2. The van der Waals surface area contributed by atoms with Gasteiger partial charge in [-0.2, -0.15) is 0 Å². The normalized spacial score (nSPS) is 17.2. The van der Waals surface area contributed by atoms with E-state index in [0.717, 1.165) is 10.3 Å². The van der Waals surface area contributed by atoms with E-state index in [0.29, 0.717) is 39.2 Å². The van der Waals surface area contributed by atoms with Crippen LogP contribution < -0.4 is 9.64 Å². The molecule has 7 nitrogen and oxygen atoms in total. The maximum absolute atomic E-state index is 13.4. The van der Waals surface area contributed by atoms with E-state index in [-0.39, 0.29) is 17.1 Å². The number of ether oxygens (including phenoxy) is 1. The fraction of sp³-hybridized carbons (Fsp3) is 0.148. The molecule has 1 amide bonds. The minimum absolute atomic E-state index is 0.0347. The van der Waals surface area contributed by atoms with Gasteiger partial charge in [-0.25, -0.2) is 4.98 Å². The number of aryl methyl sites for hydroxylation is 1. The number of nitrogens with zero attached hydrogens (tertiary/aromatic N) is 2. The summed E-state index contributed by atoms with van der Waals surface area (Å²) in [5, 5.41) is 22.0. The molecule has 1 aromatic heterocycles. The summed E-state index contributed by atoms with van der Waals surface area (Å²) in [7, 11) is 0. The molecule has 1 aliphatic heterocycles. The third-order valence-electron chi connectivity index (χ3n) is 5.95. The monoisotopic (exact) mass is 520 g/mol. The van der Waals surface area contributed by atoms with Crippen molar-refractivity contribution in [1.82, 2.24) is 4.98 Å². The molecular formula is C27H21ClN2O5S. The third kappa shape index (κ3) is 4.08. The van der Waals surface area contributed by atoms with Crippen molar-refractivity contribution in [3.05, 3.63) is 87.9 Å². The molecule has 5 rings (SSSR count). The molecule has 2 heterocycles. The number of thiazole rings is 1. The average molecular weight is 521 g/mol. The topological polar surface area (TPSA) is 100.0 Å². The van der Waals surface area contributed by atoms with Gasteiger partial charge in [0.1, 0.15) is 17.3 Å². The standard InChI is InChI=1S/C27H21ClN2O5S/c1-3-35-20-11-6-16(12-14(20)2)24(32)22-23(15-4-8-18(31)9-5-15)30(26(34)25(22)33)27-29-19-10-7-17(28)13-21(19)36-27/h4-13,23,31-32H,3H2,1-2H3/b24-22+. The molecule has 182 valence electrons. The van der Waals surface area contributed by atoms with Crippen LogP contribution in [0.3, 0.4) is 0 Å². The van der Waals surface area contributed by atoms with Crippen molar-refractivity contribution in [3.8, 4) is 11.5 Å². The molecule has 0 radical (unpaired) electrons. The third-order valence-corrected chi connectivity index (χ3v) is 7.20. The number of ketones is 1. The first-order valence-electron chi connectivity index (χ1n) is 11.2. The second-order valence-electron chi connectivity index (χ2n) is 8.28. The van der Waals surface area contributed by atoms with Crippen molar-refractivity contribution >= 4 is 55.7 Å². The Morgan fingerprint density at radius 2 is 1.86 bits per heavy atom. The zero-order chi connectivity index (χ0) is 25.6. The maximum Gasteiger partial charge on any atom is 0.301 e. The Bertz CT molecular complexity index is 1540. The lowest BCUT2D eigenvalue weighted by Crippen LogP contribution is -2.29. The number of carbonyl (C=O) groups is 2. The largest absolute Gasteiger partial charge is 0.508 e. The van der Waals surface area contributed by atoms with E-state index in [9.17, 15) is 19.8 Å². The first-order valence-corrected chi connectivity index (χ1v) is 12.4. The number of carbonyl (C=O) groups excluding carboxylic acids is 2. The van der Waals surface area contributed by atoms with Gasteiger partial charge >= 0.3 is 5.91 Å². The van der Waals surface area contributed by atoms with E-state index >= 15 is 0 Å². The fourth-order valence-electron chi connectivity index (χ4n) is 4.26. The molecule has 0 saturated carbocycles. The first-order chi connectivity index (χ1) is 17.3. The van der Waals surface area contributed by atoms with Crippen LogP contribution in [-0.2, 0) is 9.59 Å². The van der Waals surface area contributed by atoms with Crippen LogP contribution in [0.25, 0.3) is 16.0 Å². The highest BCUT2D eigenvalue weighted by molar-refractivity contribution is 7.22. The summed E-state index contributed by atoms with van der Waals surface area (Å²) in [6.45, 7) is 4.21. The molecule has 36 heavy (non-hydrogen) atoms. The van der Waals surface area contributed by atoms with Gasteiger partial charge in [0, 0.05) is 10.6 Å². The number of aliphatic hydroxyl groups is 1. The number of halogens is 1. The maximum atomic E-state index is 13.4. The van der Waals surface area contributed by atoms with Gasteiger partial charge in [0.05, 0.1) is 28.4 Å². The minimum atomic E-state index is -0.950. The van der Waals surface area contributed by atoms with Crippen LogP contribution in [0.4, 0.5) is 5.13 Å². The highest BCUT2D eigenvalue weighted by Crippen LogP contribution is 2.45. The molecule has 9 heteroatoms. The number of anilines is 1. The second-order valence-corrected chi connectivity index (χ2v) is 9.73. The number of aromatic nitrogens is 1. The van der Waals surface area contributed by atoms with E-state index in [2.05, 4.69) is 4.98 Å². The van der Waals surface area contributed by atoms with Crippen LogP contribution in [0.1, 0.15) is 29.7 Å². The molecule has 0 aliphatic carbocycles. The number of Topliss-reactive ketones (excluding diaryl/α,β-unsaturated/α-hetero) is 1. The smallest absolute Gasteiger partial charge is 0.301 e. The van der Waals surface area contributed by atoms with Crippen LogP contribution in [-0.4, -0.2) is 33.5 Å². The van der Waals surface area contributed by atoms with Crippen molar-refractivity contribution in [2.75, 3.05) is 11.5 Å². The zero-order valence-electron chi connectivity index (χ0n) is 19.4. The lowest BCUT2D eigenvalue weighted by molar-refractivity contribution is -0.132. The Kier molecular flexibility index (Phi) is 6.15. The molecule has 1 unspecified atom stereocenters. The van der Waals surface area contributed by atoms with E-state index in [1.54, 1.807) is 48.5 Å². The molecule has 1 aliphatic rings. The summed E-state index contributed by atoms with van der Waals surface area (Å²) in [4.78, 5) is 32.6. The van der Waals surface area contributed by atoms with Crippen LogP contribution in [0, 0.1) is 6.92 Å². The van der Waals surface area contributed by atoms with Crippen molar-refractivity contribution < 1.29 is 24.5 Å². The summed E-state index contributed by atoms with van der Waals surface area (Å²) < 4.78 is 6.34. The van der Waals surface area contributed by atoms with Crippen molar-refractivity contribution in [1.29, 1.82) is 0 Å². The Morgan fingerprint density at radius 3 is 2.56 bits per heavy atom. The minimum Gasteiger partial charge on any atom is -0.508 e. The molecular weight excluding hydrogens is 500 g/mol.